The van der Waals surface area contributed by atoms with Gasteiger partial charge in [-0.05, 0) is 20.8 Å². The lowest BCUT2D eigenvalue weighted by Crippen LogP contribution is -2.36. The lowest BCUT2D eigenvalue weighted by molar-refractivity contribution is -0.0265. The van der Waals surface area contributed by atoms with Crippen LogP contribution in [0.5, 0.6) is 0 Å². The van der Waals surface area contributed by atoms with Gasteiger partial charge < -0.3 is 57.0 Å². The minimum atomic E-state index is -0.507. The average Bonchev–Trinajstić information content (AvgIpc) is 2.95. The molecule has 0 aromatic heterocycles. The molecule has 0 heterocycles. The van der Waals surface area contributed by atoms with Crippen LogP contribution in [-0.2, 0) is 52.1 Å². The van der Waals surface area contributed by atoms with Crippen molar-refractivity contribution in [3.63, 3.8) is 0 Å². The minimum absolute atomic E-state index is 0.362. The van der Waals surface area contributed by atoms with Gasteiger partial charge in [0.05, 0.1) is 132 Å². The summed E-state index contributed by atoms with van der Waals surface area (Å²) in [7, 11) is 1.68. The summed E-state index contributed by atoms with van der Waals surface area (Å²) in [6, 6.07) is 0. The number of amides is 1. The van der Waals surface area contributed by atoms with E-state index in [4.69, 9.17) is 52.1 Å². The summed E-state index contributed by atoms with van der Waals surface area (Å²) in [6.07, 6.45) is -0.362. The molecular weight excluding hydrogens is 622 g/mol. The molecule has 0 saturated carbocycles. The van der Waals surface area contributed by atoms with Crippen LogP contribution >= 0.6 is 15.9 Å². The molecule has 0 atom stereocenters. The zero-order valence-electron chi connectivity index (χ0n) is 26.3. The van der Waals surface area contributed by atoms with Gasteiger partial charge in [0.15, 0.2) is 0 Å². The van der Waals surface area contributed by atoms with Crippen molar-refractivity contribution in [2.75, 3.05) is 151 Å². The monoisotopic (exact) mass is 677 g/mol. The Labute approximate surface area is 261 Å². The van der Waals surface area contributed by atoms with Gasteiger partial charge >= 0.3 is 6.09 Å². The predicted octanol–water partition coefficient (Wildman–Crippen LogP) is 2.41. The molecule has 0 fully saturated rings. The van der Waals surface area contributed by atoms with Gasteiger partial charge in [-0.1, -0.05) is 15.9 Å². The lowest BCUT2D eigenvalue weighted by Gasteiger charge is -2.24. The Kier molecular flexibility index (Phi) is 31.3. The summed E-state index contributed by atoms with van der Waals surface area (Å²) in [5.74, 6) is 0. The Hall–Kier alpha value is -0.650. The molecule has 1 amide bonds. The maximum Gasteiger partial charge on any atom is 0.410 e. The van der Waals surface area contributed by atoms with Crippen LogP contribution in [-0.4, -0.2) is 168 Å². The molecule has 0 saturated heterocycles. The number of alkyl halides is 1. The van der Waals surface area contributed by atoms with E-state index in [9.17, 15) is 4.79 Å². The number of hydrogen-bond donors (Lipinski definition) is 0. The maximum absolute atomic E-state index is 11.8. The molecule has 0 spiro atoms. The molecule has 252 valence electrons. The Morgan fingerprint density at radius 2 is 0.714 bits per heavy atom. The highest BCUT2D eigenvalue weighted by Gasteiger charge is 2.19. The van der Waals surface area contributed by atoms with Crippen molar-refractivity contribution in [3.05, 3.63) is 0 Å². The second-order valence-corrected chi connectivity index (χ2v) is 10.5. The zero-order chi connectivity index (χ0) is 31.0. The van der Waals surface area contributed by atoms with Gasteiger partial charge in [-0.2, -0.15) is 0 Å². The van der Waals surface area contributed by atoms with Gasteiger partial charge in [0.25, 0.3) is 0 Å². The van der Waals surface area contributed by atoms with Gasteiger partial charge in [-0.3, -0.25) is 0 Å². The number of ether oxygens (including phenoxy) is 11. The number of carbonyl (C=O) groups is 1. The molecular formula is C28H56BrNO12. The van der Waals surface area contributed by atoms with E-state index < -0.39 is 5.60 Å². The SMILES string of the molecule is CN(CCOCCOCCOCCOCCOCCOCCOCCOCCOCCOCCBr)C(=O)OC(C)(C)C. The smallest absolute Gasteiger partial charge is 0.410 e. The van der Waals surface area contributed by atoms with Gasteiger partial charge in [-0.25, -0.2) is 4.79 Å². The number of carbonyl (C=O) groups excluding carboxylic acids is 1. The van der Waals surface area contributed by atoms with Crippen LogP contribution in [0.3, 0.4) is 0 Å². The van der Waals surface area contributed by atoms with Crippen LogP contribution in [0, 0.1) is 0 Å². The average molecular weight is 679 g/mol. The topological polar surface area (TPSA) is 122 Å². The molecule has 14 heteroatoms. The zero-order valence-corrected chi connectivity index (χ0v) is 27.9. The van der Waals surface area contributed by atoms with Gasteiger partial charge in [-0.15, -0.1) is 0 Å². The first kappa shape index (κ1) is 41.4. The van der Waals surface area contributed by atoms with Gasteiger partial charge in [0.2, 0.25) is 0 Å². The van der Waals surface area contributed by atoms with Crippen LogP contribution in [0.15, 0.2) is 0 Å². The summed E-state index contributed by atoms with van der Waals surface area (Å²) < 4.78 is 59.6. The van der Waals surface area contributed by atoms with Crippen molar-refractivity contribution in [1.82, 2.24) is 4.90 Å². The fourth-order valence-corrected chi connectivity index (χ4v) is 3.00. The second kappa shape index (κ2) is 31.8. The van der Waals surface area contributed by atoms with Crippen LogP contribution in [0.25, 0.3) is 0 Å². The maximum atomic E-state index is 11.8. The van der Waals surface area contributed by atoms with E-state index in [1.54, 1.807) is 7.05 Å². The molecule has 0 aromatic rings. The van der Waals surface area contributed by atoms with Crippen molar-refractivity contribution in [2.24, 2.45) is 0 Å². The number of hydrogen-bond acceptors (Lipinski definition) is 12. The summed E-state index contributed by atoms with van der Waals surface area (Å²) in [5.41, 5.74) is -0.507. The summed E-state index contributed by atoms with van der Waals surface area (Å²) in [6.45, 7) is 16.3. The first-order valence-electron chi connectivity index (χ1n) is 14.6. The highest BCUT2D eigenvalue weighted by atomic mass is 79.9. The molecule has 0 radical (unpaired) electrons. The molecule has 0 bridgehead atoms. The lowest BCUT2D eigenvalue weighted by atomic mass is 10.2. The molecule has 0 aliphatic heterocycles. The first-order chi connectivity index (χ1) is 20.4. The van der Waals surface area contributed by atoms with E-state index in [-0.39, 0.29) is 6.09 Å². The third-order valence-electron chi connectivity index (χ3n) is 4.85. The highest BCUT2D eigenvalue weighted by Crippen LogP contribution is 2.08. The van der Waals surface area contributed by atoms with E-state index in [2.05, 4.69) is 15.9 Å². The molecule has 0 unspecified atom stereocenters. The number of likely N-dealkylation sites (N-methyl/N-ethyl adjacent to an activating group) is 1. The minimum Gasteiger partial charge on any atom is -0.444 e. The van der Waals surface area contributed by atoms with E-state index in [0.717, 1.165) is 5.33 Å². The van der Waals surface area contributed by atoms with Crippen molar-refractivity contribution in [1.29, 1.82) is 0 Å². The quantitative estimate of drug-likeness (QED) is 0.0768. The summed E-state index contributed by atoms with van der Waals surface area (Å²) in [4.78, 5) is 13.3. The third kappa shape index (κ3) is 33.8. The summed E-state index contributed by atoms with van der Waals surface area (Å²) in [5, 5.41) is 0.835. The van der Waals surface area contributed by atoms with Crippen LogP contribution < -0.4 is 0 Å². The molecule has 0 aromatic carbocycles. The largest absolute Gasteiger partial charge is 0.444 e. The second-order valence-electron chi connectivity index (χ2n) is 9.71. The Morgan fingerprint density at radius 3 is 0.952 bits per heavy atom. The van der Waals surface area contributed by atoms with Crippen LogP contribution in [0.1, 0.15) is 20.8 Å². The summed E-state index contributed by atoms with van der Waals surface area (Å²) >= 11 is 3.30. The molecule has 0 aliphatic rings. The van der Waals surface area contributed by atoms with Gasteiger partial charge in [0.1, 0.15) is 5.60 Å². The standard InChI is InChI=1S/C28H56BrNO12/c1-28(2,3)42-27(31)30(4)6-8-33-10-12-35-14-16-37-18-20-39-22-24-41-26-25-40-23-21-38-19-17-36-15-13-34-11-9-32-7-5-29/h5-26H2,1-4H3. The van der Waals surface area contributed by atoms with Crippen molar-refractivity contribution >= 4 is 22.0 Å². The Balaban J connectivity index is 3.15. The van der Waals surface area contributed by atoms with E-state index in [1.807, 2.05) is 20.8 Å². The highest BCUT2D eigenvalue weighted by molar-refractivity contribution is 9.09. The molecule has 0 N–H and O–H groups in total. The van der Waals surface area contributed by atoms with Crippen molar-refractivity contribution in [2.45, 2.75) is 26.4 Å². The number of nitrogens with zero attached hydrogens (tertiary/aromatic N) is 1. The van der Waals surface area contributed by atoms with Gasteiger partial charge in [0, 0.05) is 18.9 Å². The molecule has 0 rings (SSSR count). The van der Waals surface area contributed by atoms with Crippen molar-refractivity contribution < 1.29 is 56.9 Å². The fourth-order valence-electron chi connectivity index (χ4n) is 2.77. The van der Waals surface area contributed by atoms with E-state index >= 15 is 0 Å². The van der Waals surface area contributed by atoms with Crippen LogP contribution in [0.2, 0.25) is 0 Å². The third-order valence-corrected chi connectivity index (χ3v) is 5.17. The van der Waals surface area contributed by atoms with Crippen molar-refractivity contribution in [3.8, 4) is 0 Å². The normalized spacial score (nSPS) is 11.7. The first-order valence-corrected chi connectivity index (χ1v) is 15.8. The van der Waals surface area contributed by atoms with E-state index in [1.165, 1.54) is 4.90 Å². The number of halogens is 1. The Morgan fingerprint density at radius 1 is 0.476 bits per heavy atom. The predicted molar refractivity (Wildman–Crippen MR) is 161 cm³/mol. The fraction of sp³-hybridized carbons (Fsp3) is 0.964. The number of rotatable bonds is 32. The molecule has 42 heavy (non-hydrogen) atoms. The molecule has 0 aliphatic carbocycles. The Bertz CT molecular complexity index is 571. The van der Waals surface area contributed by atoms with Crippen LogP contribution in [0.4, 0.5) is 4.79 Å². The molecule has 13 nitrogen and oxygen atoms in total. The van der Waals surface area contributed by atoms with E-state index in [0.29, 0.717) is 139 Å².